The third-order valence-electron chi connectivity index (χ3n) is 3.13. The van der Waals surface area contributed by atoms with Crippen LogP contribution in [-0.2, 0) is 9.53 Å². The van der Waals surface area contributed by atoms with E-state index in [-0.39, 0.29) is 11.9 Å². The fourth-order valence-electron chi connectivity index (χ4n) is 1.99. The molecular weight excluding hydrogens is 270 g/mol. The summed E-state index contributed by atoms with van der Waals surface area (Å²) >= 11 is 0. The van der Waals surface area contributed by atoms with Crippen LogP contribution in [0.25, 0.3) is 0 Å². The van der Waals surface area contributed by atoms with E-state index >= 15 is 0 Å². The number of esters is 1. The molecular formula is C15H19N3O3. The van der Waals surface area contributed by atoms with Gasteiger partial charge in [-0.15, -0.1) is 0 Å². The molecule has 1 aromatic rings. The van der Waals surface area contributed by atoms with Crippen LogP contribution >= 0.6 is 0 Å². The minimum absolute atomic E-state index is 0.135. The number of nitrogens with one attached hydrogen (secondary N) is 2. The number of anilines is 1. The van der Waals surface area contributed by atoms with E-state index in [1.165, 1.54) is 0 Å². The molecule has 1 aliphatic rings. The molecule has 2 rings (SSSR count). The Balaban J connectivity index is 2.00. The third kappa shape index (κ3) is 4.05. The van der Waals surface area contributed by atoms with Gasteiger partial charge in [-0.1, -0.05) is 6.92 Å². The number of rotatable bonds is 4. The normalized spacial score (nSPS) is 20.0. The zero-order valence-electron chi connectivity index (χ0n) is 12.2. The van der Waals surface area contributed by atoms with E-state index in [0.29, 0.717) is 42.5 Å². The fourth-order valence-corrected chi connectivity index (χ4v) is 1.99. The molecule has 0 spiro atoms. The van der Waals surface area contributed by atoms with Gasteiger partial charge in [0.15, 0.2) is 0 Å². The van der Waals surface area contributed by atoms with E-state index in [1.807, 2.05) is 0 Å². The second-order valence-corrected chi connectivity index (χ2v) is 4.99. The Hall–Kier alpha value is -2.37. The number of hydrogen-bond acceptors (Lipinski definition) is 5. The van der Waals surface area contributed by atoms with Crippen LogP contribution in [0, 0.1) is 5.92 Å². The predicted molar refractivity (Wildman–Crippen MR) is 80.2 cm³/mol. The Labute approximate surface area is 123 Å². The maximum atomic E-state index is 11.6. The highest BCUT2D eigenvalue weighted by atomic mass is 16.5. The van der Waals surface area contributed by atoms with Crippen molar-refractivity contribution in [3.05, 3.63) is 29.8 Å². The topological polar surface area (TPSA) is 79.8 Å². The summed E-state index contributed by atoms with van der Waals surface area (Å²) in [5, 5.41) is 6.92. The molecule has 1 fully saturated rings. The van der Waals surface area contributed by atoms with Crippen molar-refractivity contribution >= 4 is 23.3 Å². The van der Waals surface area contributed by atoms with Crippen molar-refractivity contribution in [2.45, 2.75) is 20.3 Å². The van der Waals surface area contributed by atoms with Crippen LogP contribution in [0.4, 0.5) is 5.69 Å². The van der Waals surface area contributed by atoms with E-state index in [9.17, 15) is 9.59 Å². The highest BCUT2D eigenvalue weighted by molar-refractivity contribution is 6.39. The lowest BCUT2D eigenvalue weighted by atomic mass is 10.00. The smallest absolute Gasteiger partial charge is 0.338 e. The number of hydrazone groups is 1. The number of piperidine rings is 1. The van der Waals surface area contributed by atoms with Crippen LogP contribution in [0.15, 0.2) is 29.4 Å². The van der Waals surface area contributed by atoms with Crippen LogP contribution < -0.4 is 10.7 Å². The molecule has 0 bridgehead atoms. The fraction of sp³-hybridized carbons (Fsp3) is 0.400. The van der Waals surface area contributed by atoms with Gasteiger partial charge in [-0.05, 0) is 37.1 Å². The number of ether oxygens (including phenoxy) is 1. The number of nitrogens with zero attached hydrogens (tertiary/aromatic N) is 1. The molecule has 1 aliphatic heterocycles. The van der Waals surface area contributed by atoms with Crippen LogP contribution in [0.2, 0.25) is 0 Å². The van der Waals surface area contributed by atoms with Gasteiger partial charge in [0, 0.05) is 13.0 Å². The van der Waals surface area contributed by atoms with Crippen molar-refractivity contribution in [2.24, 2.45) is 11.0 Å². The molecule has 1 unspecified atom stereocenters. The lowest BCUT2D eigenvalue weighted by molar-refractivity contribution is -0.115. The molecule has 1 saturated heterocycles. The summed E-state index contributed by atoms with van der Waals surface area (Å²) < 4.78 is 4.91. The van der Waals surface area contributed by atoms with Gasteiger partial charge >= 0.3 is 5.97 Å². The van der Waals surface area contributed by atoms with E-state index in [2.05, 4.69) is 22.8 Å². The summed E-state index contributed by atoms with van der Waals surface area (Å²) in [7, 11) is 0. The third-order valence-corrected chi connectivity index (χ3v) is 3.13. The maximum absolute atomic E-state index is 11.6. The molecule has 0 saturated carbocycles. The maximum Gasteiger partial charge on any atom is 0.338 e. The molecule has 112 valence electrons. The Bertz CT molecular complexity index is 552. The quantitative estimate of drug-likeness (QED) is 0.654. The molecule has 6 nitrogen and oxygen atoms in total. The van der Waals surface area contributed by atoms with E-state index in [1.54, 1.807) is 31.2 Å². The zero-order chi connectivity index (χ0) is 15.2. The minimum atomic E-state index is -0.351. The number of hydrogen-bond donors (Lipinski definition) is 2. The van der Waals surface area contributed by atoms with E-state index in [0.717, 1.165) is 0 Å². The highest BCUT2D eigenvalue weighted by Crippen LogP contribution is 2.12. The highest BCUT2D eigenvalue weighted by Gasteiger charge is 2.21. The van der Waals surface area contributed by atoms with Gasteiger partial charge < -0.3 is 10.1 Å². The molecule has 1 aromatic carbocycles. The van der Waals surface area contributed by atoms with E-state index < -0.39 is 0 Å². The van der Waals surface area contributed by atoms with Crippen LogP contribution in [0.5, 0.6) is 0 Å². The summed E-state index contributed by atoms with van der Waals surface area (Å²) in [5.74, 6) is -0.103. The summed E-state index contributed by atoms with van der Waals surface area (Å²) in [5.41, 5.74) is 4.52. The van der Waals surface area contributed by atoms with E-state index in [4.69, 9.17) is 4.74 Å². The largest absolute Gasteiger partial charge is 0.462 e. The molecule has 0 aliphatic carbocycles. The van der Waals surface area contributed by atoms with Gasteiger partial charge in [0.2, 0.25) is 0 Å². The second-order valence-electron chi connectivity index (χ2n) is 4.99. The molecule has 1 heterocycles. The van der Waals surface area contributed by atoms with Crippen LogP contribution in [-0.4, -0.2) is 30.7 Å². The zero-order valence-corrected chi connectivity index (χ0v) is 12.2. The number of carbonyl (C=O) groups is 2. The minimum Gasteiger partial charge on any atom is -0.462 e. The first-order valence-corrected chi connectivity index (χ1v) is 6.98. The SMILES string of the molecule is CCOC(=O)c1ccc(N/N=C2/CC(C)CNC2=O)cc1. The van der Waals surface area contributed by atoms with Crippen molar-refractivity contribution in [2.75, 3.05) is 18.6 Å². The molecule has 6 heteroatoms. The summed E-state index contributed by atoms with van der Waals surface area (Å²) in [6, 6.07) is 6.76. The van der Waals surface area contributed by atoms with Crippen molar-refractivity contribution in [3.63, 3.8) is 0 Å². The summed E-state index contributed by atoms with van der Waals surface area (Å²) in [6.07, 6.45) is 0.653. The number of benzene rings is 1. The molecule has 2 N–H and O–H groups in total. The van der Waals surface area contributed by atoms with Gasteiger partial charge in [0.05, 0.1) is 17.9 Å². The summed E-state index contributed by atoms with van der Waals surface area (Å²) in [6.45, 7) is 4.86. The standard InChI is InChI=1S/C15H19N3O3/c1-3-21-15(20)11-4-6-12(7-5-11)17-18-13-8-10(2)9-16-14(13)19/h4-7,10,17H,3,8-9H2,1-2H3,(H,16,19)/b18-13-. The van der Waals surface area contributed by atoms with Gasteiger partial charge in [-0.2, -0.15) is 5.10 Å². The Morgan fingerprint density at radius 3 is 2.81 bits per heavy atom. The van der Waals surface area contributed by atoms with Gasteiger partial charge in [0.25, 0.3) is 5.91 Å². The number of amides is 1. The lowest BCUT2D eigenvalue weighted by Gasteiger charge is -2.19. The first-order valence-electron chi connectivity index (χ1n) is 6.98. The molecule has 0 aromatic heterocycles. The van der Waals surface area contributed by atoms with Crippen molar-refractivity contribution in [1.29, 1.82) is 0 Å². The van der Waals surface area contributed by atoms with Crippen LogP contribution in [0.1, 0.15) is 30.6 Å². The molecule has 21 heavy (non-hydrogen) atoms. The number of carbonyl (C=O) groups excluding carboxylic acids is 2. The van der Waals surface area contributed by atoms with Gasteiger partial charge in [-0.3, -0.25) is 10.2 Å². The first-order chi connectivity index (χ1) is 10.1. The summed E-state index contributed by atoms with van der Waals surface area (Å²) in [4.78, 5) is 23.2. The molecule has 0 radical (unpaired) electrons. The lowest BCUT2D eigenvalue weighted by Crippen LogP contribution is -2.41. The Morgan fingerprint density at radius 2 is 2.14 bits per heavy atom. The van der Waals surface area contributed by atoms with Gasteiger partial charge in [-0.25, -0.2) is 4.79 Å². The van der Waals surface area contributed by atoms with Gasteiger partial charge in [0.1, 0.15) is 5.71 Å². The van der Waals surface area contributed by atoms with Crippen molar-refractivity contribution in [1.82, 2.24) is 5.32 Å². The Morgan fingerprint density at radius 1 is 1.43 bits per heavy atom. The second kappa shape index (κ2) is 6.88. The van der Waals surface area contributed by atoms with Crippen molar-refractivity contribution in [3.8, 4) is 0 Å². The average molecular weight is 289 g/mol. The Kier molecular flexibility index (Phi) is 4.92. The van der Waals surface area contributed by atoms with Crippen LogP contribution in [0.3, 0.4) is 0 Å². The monoisotopic (exact) mass is 289 g/mol. The molecule has 1 amide bonds. The molecule has 1 atom stereocenters. The first kappa shape index (κ1) is 15.0. The van der Waals surface area contributed by atoms with Crippen molar-refractivity contribution < 1.29 is 14.3 Å². The average Bonchev–Trinajstić information content (AvgIpc) is 2.49. The predicted octanol–water partition coefficient (Wildman–Crippen LogP) is 1.79.